The molecule has 1 aliphatic rings. The molecule has 8 nitrogen and oxygen atoms in total. The van der Waals surface area contributed by atoms with Crippen molar-refractivity contribution < 1.29 is 17.7 Å². The van der Waals surface area contributed by atoms with Crippen LogP contribution in [0.2, 0.25) is 0 Å². The maximum Gasteiger partial charge on any atom is 0.416 e. The molecule has 0 radical (unpaired) electrons. The zero-order valence-corrected chi connectivity index (χ0v) is 16.5. The first-order valence-electron chi connectivity index (χ1n) is 9.58. The Labute approximate surface area is 175 Å². The fourth-order valence-corrected chi connectivity index (χ4v) is 3.47. The molecule has 0 amide bonds. The van der Waals surface area contributed by atoms with Gasteiger partial charge in [0, 0.05) is 44.1 Å². The summed E-state index contributed by atoms with van der Waals surface area (Å²) in [5.41, 5.74) is -0.235. The van der Waals surface area contributed by atoms with Crippen molar-refractivity contribution in [3.05, 3.63) is 53.8 Å². The van der Waals surface area contributed by atoms with Crippen LogP contribution in [-0.4, -0.2) is 51.2 Å². The third-order valence-electron chi connectivity index (χ3n) is 5.19. The minimum absolute atomic E-state index is 0.116. The number of anilines is 1. The number of aromatic nitrogens is 4. The van der Waals surface area contributed by atoms with E-state index in [0.717, 1.165) is 12.1 Å². The summed E-state index contributed by atoms with van der Waals surface area (Å²) in [6, 6.07) is 6.68. The molecule has 11 heteroatoms. The predicted octanol–water partition coefficient (Wildman–Crippen LogP) is 3.30. The summed E-state index contributed by atoms with van der Waals surface area (Å²) in [7, 11) is 0. The molecule has 0 spiro atoms. The molecule has 2 aromatic heterocycles. The summed E-state index contributed by atoms with van der Waals surface area (Å²) in [6.07, 6.45) is -1.40. The van der Waals surface area contributed by atoms with Crippen LogP contribution in [0.3, 0.4) is 0 Å². The van der Waals surface area contributed by atoms with E-state index in [-0.39, 0.29) is 23.1 Å². The van der Waals surface area contributed by atoms with Gasteiger partial charge in [-0.1, -0.05) is 17.3 Å². The van der Waals surface area contributed by atoms with Crippen molar-refractivity contribution in [3.63, 3.8) is 0 Å². The number of alkyl halides is 3. The molecule has 0 N–H and O–H groups in total. The molecule has 3 aromatic rings. The number of hydrogen-bond donors (Lipinski definition) is 0. The van der Waals surface area contributed by atoms with Gasteiger partial charge in [0.15, 0.2) is 11.5 Å². The van der Waals surface area contributed by atoms with Crippen molar-refractivity contribution in [2.24, 2.45) is 0 Å². The average molecular weight is 429 g/mol. The van der Waals surface area contributed by atoms with E-state index in [1.807, 2.05) is 11.8 Å². The number of rotatable bonds is 4. The zero-order chi connectivity index (χ0) is 22.0. The number of halogens is 3. The van der Waals surface area contributed by atoms with Crippen LogP contribution >= 0.6 is 0 Å². The highest BCUT2D eigenvalue weighted by atomic mass is 19.4. The van der Waals surface area contributed by atoms with Crippen LogP contribution in [0.1, 0.15) is 30.1 Å². The van der Waals surface area contributed by atoms with Crippen LogP contribution in [-0.2, 0) is 6.18 Å². The molecule has 31 heavy (non-hydrogen) atoms. The number of piperazine rings is 1. The van der Waals surface area contributed by atoms with E-state index in [0.29, 0.717) is 37.9 Å². The summed E-state index contributed by atoms with van der Waals surface area (Å²) in [5, 5.41) is 13.1. The SMILES string of the molecule is CC(c1nc(-c2cccc(C(F)(F)F)c2)no1)N1CCN(c2nccnc2C#N)CC1. The first-order chi connectivity index (χ1) is 14.9. The van der Waals surface area contributed by atoms with Crippen molar-refractivity contribution in [3.8, 4) is 17.5 Å². The lowest BCUT2D eigenvalue weighted by Crippen LogP contribution is -2.47. The van der Waals surface area contributed by atoms with E-state index in [1.54, 1.807) is 6.20 Å². The second-order valence-corrected chi connectivity index (χ2v) is 7.07. The van der Waals surface area contributed by atoms with Gasteiger partial charge in [-0.25, -0.2) is 9.97 Å². The Hall–Kier alpha value is -3.52. The summed E-state index contributed by atoms with van der Waals surface area (Å²) in [5.74, 6) is 1.00. The molecule has 1 fully saturated rings. The van der Waals surface area contributed by atoms with Gasteiger partial charge in [-0.3, -0.25) is 4.90 Å². The van der Waals surface area contributed by atoms with Crippen LogP contribution in [0, 0.1) is 11.3 Å². The monoisotopic (exact) mass is 429 g/mol. The first kappa shape index (κ1) is 20.7. The van der Waals surface area contributed by atoms with Crippen molar-refractivity contribution in [1.29, 1.82) is 5.26 Å². The topological polar surface area (TPSA) is 95.0 Å². The van der Waals surface area contributed by atoms with Gasteiger partial charge >= 0.3 is 6.18 Å². The quantitative estimate of drug-likeness (QED) is 0.624. The molecule has 0 bridgehead atoms. The van der Waals surface area contributed by atoms with Gasteiger partial charge in [-0.05, 0) is 19.1 Å². The first-order valence-corrected chi connectivity index (χ1v) is 9.58. The summed E-state index contributed by atoms with van der Waals surface area (Å²) in [6.45, 7) is 4.48. The third-order valence-corrected chi connectivity index (χ3v) is 5.19. The number of hydrogen-bond acceptors (Lipinski definition) is 8. The van der Waals surface area contributed by atoms with Gasteiger partial charge in [0.05, 0.1) is 11.6 Å². The molecule has 1 atom stereocenters. The number of benzene rings is 1. The van der Waals surface area contributed by atoms with E-state index in [2.05, 4.69) is 31.1 Å². The lowest BCUT2D eigenvalue weighted by Gasteiger charge is -2.37. The molecular formula is C20H18F3N7O. The van der Waals surface area contributed by atoms with Crippen molar-refractivity contribution in [2.45, 2.75) is 19.1 Å². The maximum absolute atomic E-state index is 13.0. The van der Waals surface area contributed by atoms with Gasteiger partial charge in [-0.2, -0.15) is 23.4 Å². The minimum atomic E-state index is -4.44. The maximum atomic E-state index is 13.0. The Kier molecular flexibility index (Phi) is 5.56. The summed E-state index contributed by atoms with van der Waals surface area (Å²) in [4.78, 5) is 16.7. The summed E-state index contributed by atoms with van der Waals surface area (Å²) < 4.78 is 44.2. The molecule has 0 aliphatic carbocycles. The Morgan fingerprint density at radius 1 is 1.13 bits per heavy atom. The smallest absolute Gasteiger partial charge is 0.352 e. The molecule has 4 rings (SSSR count). The molecule has 160 valence electrons. The van der Waals surface area contributed by atoms with Crippen LogP contribution in [0.4, 0.5) is 19.0 Å². The van der Waals surface area contributed by atoms with Crippen LogP contribution < -0.4 is 4.90 Å². The van der Waals surface area contributed by atoms with Gasteiger partial charge in [0.1, 0.15) is 6.07 Å². The second kappa shape index (κ2) is 8.31. The van der Waals surface area contributed by atoms with Gasteiger partial charge in [-0.15, -0.1) is 0 Å². The Balaban J connectivity index is 1.44. The molecule has 1 aromatic carbocycles. The molecular weight excluding hydrogens is 411 g/mol. The zero-order valence-electron chi connectivity index (χ0n) is 16.5. The highest BCUT2D eigenvalue weighted by molar-refractivity contribution is 5.56. The van der Waals surface area contributed by atoms with Crippen LogP contribution in [0.25, 0.3) is 11.4 Å². The van der Waals surface area contributed by atoms with Gasteiger partial charge in [0.25, 0.3) is 0 Å². The molecule has 1 saturated heterocycles. The standard InChI is InChI=1S/C20H18F3N7O/c1-13(29-7-9-30(10-8-29)18-16(12-24)25-5-6-26-18)19-27-17(28-31-19)14-3-2-4-15(11-14)20(21,22)23/h2-6,11,13H,7-10H2,1H3. The minimum Gasteiger partial charge on any atom is -0.352 e. The normalized spacial score (nSPS) is 16.2. The Morgan fingerprint density at radius 2 is 1.87 bits per heavy atom. The van der Waals surface area contributed by atoms with E-state index in [9.17, 15) is 18.4 Å². The molecule has 1 unspecified atom stereocenters. The average Bonchev–Trinajstić information content (AvgIpc) is 3.28. The largest absolute Gasteiger partial charge is 0.416 e. The highest BCUT2D eigenvalue weighted by Crippen LogP contribution is 2.32. The van der Waals surface area contributed by atoms with E-state index >= 15 is 0 Å². The fourth-order valence-electron chi connectivity index (χ4n) is 3.47. The van der Waals surface area contributed by atoms with Crippen LogP contribution in [0.15, 0.2) is 41.2 Å². The Morgan fingerprint density at radius 3 is 2.58 bits per heavy atom. The molecule has 0 saturated carbocycles. The lowest BCUT2D eigenvalue weighted by atomic mass is 10.1. The van der Waals surface area contributed by atoms with Crippen molar-refractivity contribution in [1.82, 2.24) is 25.0 Å². The van der Waals surface area contributed by atoms with E-state index in [1.165, 1.54) is 18.3 Å². The second-order valence-electron chi connectivity index (χ2n) is 7.07. The van der Waals surface area contributed by atoms with Gasteiger partial charge in [0.2, 0.25) is 11.7 Å². The third kappa shape index (κ3) is 4.34. The van der Waals surface area contributed by atoms with Crippen LogP contribution in [0.5, 0.6) is 0 Å². The highest BCUT2D eigenvalue weighted by Gasteiger charge is 2.31. The Bertz CT molecular complexity index is 1100. The predicted molar refractivity (Wildman–Crippen MR) is 104 cm³/mol. The van der Waals surface area contributed by atoms with E-state index in [4.69, 9.17) is 4.52 Å². The summed E-state index contributed by atoms with van der Waals surface area (Å²) >= 11 is 0. The number of nitriles is 1. The van der Waals surface area contributed by atoms with Crippen molar-refractivity contribution >= 4 is 5.82 Å². The molecule has 1 aliphatic heterocycles. The fraction of sp³-hybridized carbons (Fsp3) is 0.350. The van der Waals surface area contributed by atoms with Gasteiger partial charge < -0.3 is 9.42 Å². The number of nitrogens with zero attached hydrogens (tertiary/aromatic N) is 7. The van der Waals surface area contributed by atoms with E-state index < -0.39 is 11.7 Å². The lowest BCUT2D eigenvalue weighted by molar-refractivity contribution is -0.137. The molecule has 3 heterocycles. The van der Waals surface area contributed by atoms with Crippen molar-refractivity contribution in [2.75, 3.05) is 31.1 Å².